The van der Waals surface area contributed by atoms with Gasteiger partial charge in [0.05, 0.1) is 22.6 Å². The van der Waals surface area contributed by atoms with Gasteiger partial charge in [0.25, 0.3) is 0 Å². The van der Waals surface area contributed by atoms with E-state index in [1.807, 2.05) is 50.6 Å². The van der Waals surface area contributed by atoms with Crippen LogP contribution in [-0.4, -0.2) is 33.1 Å². The van der Waals surface area contributed by atoms with E-state index in [9.17, 15) is 4.39 Å². The molecule has 5 nitrogen and oxygen atoms in total. The van der Waals surface area contributed by atoms with E-state index in [0.29, 0.717) is 18.2 Å². The third kappa shape index (κ3) is 4.14. The summed E-state index contributed by atoms with van der Waals surface area (Å²) in [6.07, 6.45) is 4.92. The summed E-state index contributed by atoms with van der Waals surface area (Å²) < 4.78 is 28.4. The van der Waals surface area contributed by atoms with Gasteiger partial charge in [-0.15, -0.1) is 0 Å². The summed E-state index contributed by atoms with van der Waals surface area (Å²) in [5, 5.41) is 4.64. The summed E-state index contributed by atoms with van der Waals surface area (Å²) in [5.74, 6) is 0.374. The molecular formula is C20H27BFN3O2. The first-order valence-corrected chi connectivity index (χ1v) is 9.30. The van der Waals surface area contributed by atoms with Crippen LogP contribution in [-0.2, 0) is 15.9 Å². The van der Waals surface area contributed by atoms with Gasteiger partial charge in [-0.05, 0) is 57.9 Å². The molecule has 144 valence electrons. The molecule has 2 aromatic heterocycles. The van der Waals surface area contributed by atoms with Gasteiger partial charge in [-0.3, -0.25) is 9.67 Å². The number of aromatic nitrogens is 3. The van der Waals surface area contributed by atoms with Gasteiger partial charge in [0.2, 0.25) is 0 Å². The van der Waals surface area contributed by atoms with Crippen molar-refractivity contribution in [2.75, 3.05) is 0 Å². The van der Waals surface area contributed by atoms with Gasteiger partial charge < -0.3 is 9.31 Å². The molecule has 1 saturated heterocycles. The first kappa shape index (κ1) is 19.8. The van der Waals surface area contributed by atoms with Crippen LogP contribution < -0.4 is 0 Å². The van der Waals surface area contributed by atoms with E-state index in [2.05, 4.69) is 23.9 Å². The third-order valence-electron chi connectivity index (χ3n) is 5.07. The van der Waals surface area contributed by atoms with Crippen LogP contribution in [0, 0.1) is 5.92 Å². The zero-order valence-electron chi connectivity index (χ0n) is 16.9. The van der Waals surface area contributed by atoms with Crippen molar-refractivity contribution in [2.45, 2.75) is 59.3 Å². The molecule has 1 fully saturated rings. The predicted molar refractivity (Wildman–Crippen MR) is 105 cm³/mol. The lowest BCUT2D eigenvalue weighted by atomic mass is 9.87. The fourth-order valence-electron chi connectivity index (χ4n) is 2.86. The van der Waals surface area contributed by atoms with E-state index in [4.69, 9.17) is 9.31 Å². The lowest BCUT2D eigenvalue weighted by Crippen LogP contribution is -2.41. The number of hydrogen-bond donors (Lipinski definition) is 0. The first-order chi connectivity index (χ1) is 12.6. The molecule has 0 amide bonds. The Morgan fingerprint density at radius 3 is 2.48 bits per heavy atom. The number of rotatable bonds is 5. The van der Waals surface area contributed by atoms with Gasteiger partial charge in [-0.25, -0.2) is 4.39 Å². The van der Waals surface area contributed by atoms with Crippen LogP contribution in [0.1, 0.15) is 47.2 Å². The normalized spacial score (nSPS) is 19.1. The summed E-state index contributed by atoms with van der Waals surface area (Å²) in [6.45, 7) is 12.5. The van der Waals surface area contributed by atoms with Crippen LogP contribution in [0.4, 0.5) is 4.39 Å². The number of halogens is 1. The molecule has 0 saturated carbocycles. The highest BCUT2D eigenvalue weighted by molar-refractivity contribution is 6.54. The third-order valence-corrected chi connectivity index (χ3v) is 5.07. The molecule has 3 rings (SSSR count). The largest absolute Gasteiger partial charge is 0.525 e. The highest BCUT2D eigenvalue weighted by atomic mass is 19.1. The van der Waals surface area contributed by atoms with Crippen molar-refractivity contribution in [3.8, 4) is 11.3 Å². The molecule has 1 aliphatic heterocycles. The molecular weight excluding hydrogens is 344 g/mol. The zero-order chi connectivity index (χ0) is 19.8. The molecule has 0 aromatic carbocycles. The Balaban J connectivity index is 1.93. The topological polar surface area (TPSA) is 49.2 Å². The Morgan fingerprint density at radius 2 is 1.93 bits per heavy atom. The van der Waals surface area contributed by atoms with E-state index in [1.54, 1.807) is 12.4 Å². The summed E-state index contributed by atoms with van der Waals surface area (Å²) >= 11 is 0. The summed E-state index contributed by atoms with van der Waals surface area (Å²) in [7, 11) is -1.01. The van der Waals surface area contributed by atoms with Gasteiger partial charge in [0.1, 0.15) is 5.73 Å². The van der Waals surface area contributed by atoms with Crippen LogP contribution >= 0.6 is 0 Å². The molecule has 3 heterocycles. The van der Waals surface area contributed by atoms with Crippen molar-refractivity contribution in [2.24, 2.45) is 5.92 Å². The first-order valence-electron chi connectivity index (χ1n) is 9.30. The van der Waals surface area contributed by atoms with E-state index in [1.165, 1.54) is 6.08 Å². The molecule has 0 spiro atoms. The molecule has 7 heteroatoms. The average Bonchev–Trinajstić information content (AvgIpc) is 3.05. The number of hydrogen-bond acceptors (Lipinski definition) is 4. The minimum absolute atomic E-state index is 0.374. The fraction of sp³-hybridized carbons (Fsp3) is 0.500. The van der Waals surface area contributed by atoms with E-state index >= 15 is 0 Å². The lowest BCUT2D eigenvalue weighted by molar-refractivity contribution is 0.00578. The van der Waals surface area contributed by atoms with Crippen molar-refractivity contribution in [1.29, 1.82) is 0 Å². The molecule has 0 unspecified atom stereocenters. The maximum absolute atomic E-state index is 15.0. The zero-order valence-corrected chi connectivity index (χ0v) is 16.9. The van der Waals surface area contributed by atoms with Crippen molar-refractivity contribution in [1.82, 2.24) is 14.8 Å². The second-order valence-electron chi connectivity index (χ2n) is 8.39. The molecule has 1 aliphatic rings. The minimum atomic E-state index is -1.01. The molecule has 27 heavy (non-hydrogen) atoms. The highest BCUT2D eigenvalue weighted by Gasteiger charge is 2.53. The Bertz CT molecular complexity index is 815. The Kier molecular flexibility index (Phi) is 5.28. The van der Waals surface area contributed by atoms with Crippen LogP contribution in [0.2, 0.25) is 0 Å². The van der Waals surface area contributed by atoms with Crippen molar-refractivity contribution in [3.63, 3.8) is 0 Å². The molecule has 0 atom stereocenters. The van der Waals surface area contributed by atoms with Gasteiger partial charge in [0, 0.05) is 24.5 Å². The van der Waals surface area contributed by atoms with Gasteiger partial charge >= 0.3 is 7.12 Å². The van der Waals surface area contributed by atoms with Crippen LogP contribution in [0.3, 0.4) is 0 Å². The monoisotopic (exact) mass is 371 g/mol. The van der Waals surface area contributed by atoms with E-state index in [-0.39, 0.29) is 0 Å². The quantitative estimate of drug-likeness (QED) is 0.724. The standard InChI is InChI=1S/C20H27BFN3O2/c1-14(2)13-25-16(10-17(24-25)15-8-7-9-23-12-15)11-18(22)21-26-19(3,4)20(5,6)27-21/h7-12,14H,13H2,1-6H3. The average molecular weight is 371 g/mol. The Labute approximate surface area is 160 Å². The van der Waals surface area contributed by atoms with E-state index < -0.39 is 24.0 Å². The van der Waals surface area contributed by atoms with Crippen molar-refractivity contribution >= 4 is 13.2 Å². The smallest absolute Gasteiger partial charge is 0.398 e. The molecule has 0 bridgehead atoms. The molecule has 0 N–H and O–H groups in total. The van der Waals surface area contributed by atoms with Crippen LogP contribution in [0.5, 0.6) is 0 Å². The Hall–Kier alpha value is -1.99. The molecule has 2 aromatic rings. The van der Waals surface area contributed by atoms with Crippen LogP contribution in [0.15, 0.2) is 36.3 Å². The summed E-state index contributed by atoms with van der Waals surface area (Å²) in [4.78, 5) is 4.14. The molecule has 0 radical (unpaired) electrons. The highest BCUT2D eigenvalue weighted by Crippen LogP contribution is 2.39. The maximum Gasteiger partial charge on any atom is 0.525 e. The SMILES string of the molecule is CC(C)Cn1nc(-c2cccnc2)cc1C=C(F)B1OC(C)(C)C(C)(C)O1. The Morgan fingerprint density at radius 1 is 1.26 bits per heavy atom. The number of nitrogens with zero attached hydrogens (tertiary/aromatic N) is 3. The predicted octanol–water partition coefficient (Wildman–Crippen LogP) is 4.54. The number of pyridine rings is 1. The maximum atomic E-state index is 15.0. The van der Waals surface area contributed by atoms with Crippen molar-refractivity contribution in [3.05, 3.63) is 42.0 Å². The lowest BCUT2D eigenvalue weighted by Gasteiger charge is -2.32. The van der Waals surface area contributed by atoms with Gasteiger partial charge in [-0.2, -0.15) is 5.10 Å². The summed E-state index contributed by atoms with van der Waals surface area (Å²) in [5.41, 5.74) is 0.706. The fourth-order valence-corrected chi connectivity index (χ4v) is 2.86. The second-order valence-corrected chi connectivity index (χ2v) is 8.39. The van der Waals surface area contributed by atoms with Crippen LogP contribution in [0.25, 0.3) is 17.3 Å². The van der Waals surface area contributed by atoms with Gasteiger partial charge in [-0.1, -0.05) is 13.8 Å². The van der Waals surface area contributed by atoms with E-state index in [0.717, 1.165) is 11.3 Å². The molecule has 0 aliphatic carbocycles. The van der Waals surface area contributed by atoms with Gasteiger partial charge in [0.15, 0.2) is 0 Å². The minimum Gasteiger partial charge on any atom is -0.398 e. The van der Waals surface area contributed by atoms with Crippen molar-refractivity contribution < 1.29 is 13.7 Å². The second kappa shape index (κ2) is 7.21. The summed E-state index contributed by atoms with van der Waals surface area (Å²) in [6, 6.07) is 5.66.